The Kier molecular flexibility index (Phi) is 8.97. The molecule has 6 heteroatoms. The van der Waals surface area contributed by atoms with Crippen LogP contribution in [0, 0.1) is 0 Å². The molecule has 0 fully saturated rings. The zero-order chi connectivity index (χ0) is 37.6. The van der Waals surface area contributed by atoms with Gasteiger partial charge in [0, 0.05) is 55.9 Å². The predicted octanol–water partition coefficient (Wildman–Crippen LogP) is 12.8. The largest absolute Gasteiger partial charge is 0.387 e. The Bertz CT molecular complexity index is 2850. The third-order valence-corrected chi connectivity index (χ3v) is 13.2. The van der Waals surface area contributed by atoms with Gasteiger partial charge in [-0.25, -0.2) is 0 Å². The van der Waals surface area contributed by atoms with Gasteiger partial charge in [0.05, 0.1) is 23.6 Å². The van der Waals surface area contributed by atoms with Crippen LogP contribution in [-0.4, -0.2) is 20.2 Å². The molecule has 0 aliphatic rings. The summed E-state index contributed by atoms with van der Waals surface area (Å²) in [6.07, 6.45) is 3.16. The molecule has 0 bridgehead atoms. The maximum absolute atomic E-state index is 11.5. The van der Waals surface area contributed by atoms with Crippen LogP contribution in [0.2, 0.25) is 0 Å². The fraction of sp³-hybridized carbons (Fsp3) is 0.0800. The molecule has 56 heavy (non-hydrogen) atoms. The minimum absolute atomic E-state index is 0.458. The van der Waals surface area contributed by atoms with Gasteiger partial charge in [0.25, 0.3) is 0 Å². The van der Waals surface area contributed by atoms with Gasteiger partial charge < -0.3 is 10.2 Å². The van der Waals surface area contributed by atoms with E-state index in [2.05, 4.69) is 131 Å². The molecular formula is C50H36N2O2S2. The van der Waals surface area contributed by atoms with Crippen molar-refractivity contribution >= 4 is 65.8 Å². The number of benzene rings is 6. The Balaban J connectivity index is 0.859. The van der Waals surface area contributed by atoms with E-state index >= 15 is 0 Å². The molecule has 6 aromatic carbocycles. The highest BCUT2D eigenvalue weighted by atomic mass is 32.1. The summed E-state index contributed by atoms with van der Waals surface area (Å²) in [7, 11) is 0. The van der Waals surface area contributed by atoms with Gasteiger partial charge in [-0.15, -0.1) is 22.7 Å². The number of rotatable bonds is 9. The van der Waals surface area contributed by atoms with Gasteiger partial charge in [0.2, 0.25) is 0 Å². The quantitative estimate of drug-likeness (QED) is 0.144. The summed E-state index contributed by atoms with van der Waals surface area (Å²) >= 11 is 3.29. The Morgan fingerprint density at radius 3 is 1.25 bits per heavy atom. The van der Waals surface area contributed by atoms with Crippen molar-refractivity contribution in [3.8, 4) is 32.3 Å². The second-order valence-corrected chi connectivity index (χ2v) is 16.6. The zero-order valence-electron chi connectivity index (χ0n) is 30.3. The summed E-state index contributed by atoms with van der Waals surface area (Å²) in [6.45, 7) is 0. The van der Waals surface area contributed by atoms with E-state index < -0.39 is 12.2 Å². The van der Waals surface area contributed by atoms with E-state index in [0.29, 0.717) is 12.8 Å². The average Bonchev–Trinajstić information content (AvgIpc) is 3.95. The lowest BCUT2D eigenvalue weighted by molar-refractivity contribution is 0.182. The van der Waals surface area contributed by atoms with Crippen LogP contribution < -0.4 is 0 Å². The molecule has 4 heterocycles. The van der Waals surface area contributed by atoms with Crippen molar-refractivity contribution < 1.29 is 10.2 Å². The van der Waals surface area contributed by atoms with Gasteiger partial charge in [0.15, 0.2) is 0 Å². The summed E-state index contributed by atoms with van der Waals surface area (Å²) in [5.74, 6) is 0. The van der Waals surface area contributed by atoms with E-state index in [-0.39, 0.29) is 0 Å². The Labute approximate surface area is 332 Å². The van der Waals surface area contributed by atoms with Gasteiger partial charge in [-0.3, -0.25) is 9.97 Å². The predicted molar refractivity (Wildman–Crippen MR) is 234 cm³/mol. The molecule has 4 nitrogen and oxygen atoms in total. The van der Waals surface area contributed by atoms with Crippen LogP contribution in [0.25, 0.3) is 75.4 Å². The maximum atomic E-state index is 11.5. The average molecular weight is 761 g/mol. The SMILES string of the molecule is OC(Cc1ccnc(-c2cc(CC(O)c3ccc(-c4cc5ccccc5c5ccccc45)s3)ccn2)c1)c1ccc(-c2cc3ccccc3c3ccccc23)s1. The molecule has 0 aliphatic heterocycles. The standard InChI is InChI=1S/C50H36N2O2S2/c53-45(49-19-17-47(55-49)41-29-33-9-1-3-11-35(33)37-13-5-7-15-39(37)41)27-31-21-23-51-43(25-31)44-26-32(22-24-52-44)28-46(54)50-20-18-48(56-50)42-30-34-10-2-4-12-36(34)38-14-6-8-16-40(38)42/h1-26,29-30,45-46,53-54H,27-28H2. The van der Waals surface area contributed by atoms with Crippen LogP contribution in [0.1, 0.15) is 33.1 Å². The molecule has 2 N–H and O–H groups in total. The minimum atomic E-state index is -0.659. The molecule has 10 aromatic rings. The van der Waals surface area contributed by atoms with Crippen molar-refractivity contribution in [2.45, 2.75) is 25.0 Å². The number of aliphatic hydroxyl groups excluding tert-OH is 2. The van der Waals surface area contributed by atoms with Crippen LogP contribution in [0.4, 0.5) is 0 Å². The molecule has 0 saturated heterocycles. The molecular weight excluding hydrogens is 725 g/mol. The molecule has 2 atom stereocenters. The lowest BCUT2D eigenvalue weighted by Gasteiger charge is -2.12. The van der Waals surface area contributed by atoms with Crippen LogP contribution >= 0.6 is 22.7 Å². The molecule has 0 amide bonds. The molecule has 2 unspecified atom stereocenters. The molecule has 4 aromatic heterocycles. The first kappa shape index (κ1) is 34.5. The van der Waals surface area contributed by atoms with Crippen molar-refractivity contribution in [2.75, 3.05) is 0 Å². The third-order valence-electron chi connectivity index (χ3n) is 10.7. The second-order valence-electron chi connectivity index (χ2n) is 14.3. The van der Waals surface area contributed by atoms with Gasteiger partial charge >= 0.3 is 0 Å². The molecule has 0 saturated carbocycles. The Morgan fingerprint density at radius 1 is 0.411 bits per heavy atom. The van der Waals surface area contributed by atoms with Gasteiger partial charge in [-0.1, -0.05) is 97.1 Å². The highest BCUT2D eigenvalue weighted by Crippen LogP contribution is 2.41. The lowest BCUT2D eigenvalue weighted by atomic mass is 9.96. The Morgan fingerprint density at radius 2 is 0.804 bits per heavy atom. The van der Waals surface area contributed by atoms with Crippen molar-refractivity contribution in [2.24, 2.45) is 0 Å². The van der Waals surface area contributed by atoms with Crippen molar-refractivity contribution in [3.05, 3.63) is 191 Å². The van der Waals surface area contributed by atoms with Crippen LogP contribution in [0.3, 0.4) is 0 Å². The normalized spacial score (nSPS) is 12.8. The van der Waals surface area contributed by atoms with Gasteiger partial charge in [-0.05, 0) is 115 Å². The van der Waals surface area contributed by atoms with Crippen LogP contribution in [0.5, 0.6) is 0 Å². The molecule has 10 rings (SSSR count). The summed E-state index contributed by atoms with van der Waals surface area (Å²) < 4.78 is 0. The number of thiophene rings is 2. The van der Waals surface area contributed by atoms with E-state index in [1.54, 1.807) is 35.1 Å². The molecule has 0 spiro atoms. The Hall–Kier alpha value is -6.02. The second kappa shape index (κ2) is 14.6. The van der Waals surface area contributed by atoms with E-state index in [9.17, 15) is 10.2 Å². The van der Waals surface area contributed by atoms with Gasteiger partial charge in [0.1, 0.15) is 0 Å². The number of nitrogens with zero attached hydrogens (tertiary/aromatic N) is 2. The molecule has 0 radical (unpaired) electrons. The molecule has 0 aliphatic carbocycles. The summed E-state index contributed by atoms with van der Waals surface area (Å²) in [5.41, 5.74) is 5.80. The summed E-state index contributed by atoms with van der Waals surface area (Å²) in [4.78, 5) is 13.4. The third kappa shape index (κ3) is 6.47. The number of fused-ring (bicyclic) bond motifs is 6. The first-order chi connectivity index (χ1) is 27.6. The smallest absolute Gasteiger partial charge is 0.0922 e. The fourth-order valence-corrected chi connectivity index (χ4v) is 10.0. The zero-order valence-corrected chi connectivity index (χ0v) is 32.0. The van der Waals surface area contributed by atoms with E-state index in [1.165, 1.54) is 54.2 Å². The number of aromatic nitrogens is 2. The van der Waals surface area contributed by atoms with Crippen molar-refractivity contribution in [1.82, 2.24) is 9.97 Å². The van der Waals surface area contributed by atoms with E-state index in [4.69, 9.17) is 0 Å². The number of hydrogen-bond donors (Lipinski definition) is 2. The van der Waals surface area contributed by atoms with Gasteiger partial charge in [-0.2, -0.15) is 0 Å². The lowest BCUT2D eigenvalue weighted by Crippen LogP contribution is -2.02. The number of aliphatic hydroxyl groups is 2. The monoisotopic (exact) mass is 760 g/mol. The first-order valence-electron chi connectivity index (χ1n) is 18.8. The maximum Gasteiger partial charge on any atom is 0.0922 e. The highest BCUT2D eigenvalue weighted by Gasteiger charge is 2.18. The fourth-order valence-electron chi connectivity index (χ4n) is 8.00. The van der Waals surface area contributed by atoms with Crippen molar-refractivity contribution in [3.63, 3.8) is 0 Å². The van der Waals surface area contributed by atoms with Crippen molar-refractivity contribution in [1.29, 1.82) is 0 Å². The minimum Gasteiger partial charge on any atom is -0.387 e. The van der Waals surface area contributed by atoms with E-state index in [1.807, 2.05) is 36.4 Å². The summed E-state index contributed by atoms with van der Waals surface area (Å²) in [6, 6.07) is 54.9. The van der Waals surface area contributed by atoms with E-state index in [0.717, 1.165) is 42.0 Å². The number of hydrogen-bond acceptors (Lipinski definition) is 6. The molecule has 270 valence electrons. The van der Waals surface area contributed by atoms with Crippen LogP contribution in [-0.2, 0) is 12.8 Å². The van der Waals surface area contributed by atoms with Crippen LogP contribution in [0.15, 0.2) is 170 Å². The highest BCUT2D eigenvalue weighted by molar-refractivity contribution is 7.16. The summed E-state index contributed by atoms with van der Waals surface area (Å²) in [5, 5.41) is 32.7. The topological polar surface area (TPSA) is 66.2 Å². The first-order valence-corrected chi connectivity index (χ1v) is 20.5. The number of pyridine rings is 2.